The van der Waals surface area contributed by atoms with E-state index in [9.17, 15) is 9.59 Å². The molecule has 0 bridgehead atoms. The summed E-state index contributed by atoms with van der Waals surface area (Å²) < 4.78 is 0. The summed E-state index contributed by atoms with van der Waals surface area (Å²) in [6.45, 7) is 9.70. The van der Waals surface area contributed by atoms with Crippen LogP contribution in [0.25, 0.3) is 0 Å². The van der Waals surface area contributed by atoms with Gasteiger partial charge < -0.3 is 10.6 Å². The zero-order chi connectivity index (χ0) is 15.5. The Morgan fingerprint density at radius 1 is 1.10 bits per heavy atom. The summed E-state index contributed by atoms with van der Waals surface area (Å²) in [5.41, 5.74) is 5.26. The van der Waals surface area contributed by atoms with Crippen LogP contribution in [0.1, 0.15) is 66.2 Å². The topological polar surface area (TPSA) is 63.4 Å². The van der Waals surface area contributed by atoms with Crippen molar-refractivity contribution in [1.29, 1.82) is 0 Å². The molecule has 0 aliphatic rings. The van der Waals surface area contributed by atoms with E-state index in [1.807, 2.05) is 11.8 Å². The maximum absolute atomic E-state index is 12.2. The predicted octanol–water partition coefficient (Wildman–Crippen LogP) is 2.95. The molecule has 0 rings (SSSR count). The molecule has 20 heavy (non-hydrogen) atoms. The quantitative estimate of drug-likeness (QED) is 0.634. The van der Waals surface area contributed by atoms with Crippen molar-refractivity contribution in [3.63, 3.8) is 0 Å². The van der Waals surface area contributed by atoms with E-state index in [0.29, 0.717) is 25.3 Å². The molecular formula is C16H32N2O2. The van der Waals surface area contributed by atoms with Gasteiger partial charge in [0.25, 0.3) is 0 Å². The van der Waals surface area contributed by atoms with Gasteiger partial charge in [0.1, 0.15) is 0 Å². The minimum Gasteiger partial charge on any atom is -0.369 e. The molecule has 118 valence electrons. The van der Waals surface area contributed by atoms with Gasteiger partial charge in [0.15, 0.2) is 0 Å². The molecular weight excluding hydrogens is 252 g/mol. The first kappa shape index (κ1) is 18.9. The smallest absolute Gasteiger partial charge is 0.222 e. The second kappa shape index (κ2) is 10.7. The second-order valence-corrected chi connectivity index (χ2v) is 5.88. The molecule has 4 heteroatoms. The van der Waals surface area contributed by atoms with E-state index < -0.39 is 0 Å². The molecule has 2 unspecified atom stereocenters. The number of carbonyl (C=O) groups excluding carboxylic acids is 2. The Bertz CT molecular complexity index is 292. The first-order valence-electron chi connectivity index (χ1n) is 7.99. The molecule has 2 N–H and O–H groups in total. The summed E-state index contributed by atoms with van der Waals surface area (Å²) in [6, 6.07) is 0. The molecule has 0 saturated heterocycles. The molecule has 0 aliphatic heterocycles. The number of nitrogens with two attached hydrogens (primary N) is 1. The maximum Gasteiger partial charge on any atom is 0.222 e. The lowest BCUT2D eigenvalue weighted by molar-refractivity contribution is -0.132. The first-order chi connectivity index (χ1) is 9.42. The average Bonchev–Trinajstić information content (AvgIpc) is 2.42. The molecule has 0 fully saturated rings. The molecule has 2 amide bonds. The Hall–Kier alpha value is -1.06. The van der Waals surface area contributed by atoms with E-state index in [1.165, 1.54) is 6.42 Å². The van der Waals surface area contributed by atoms with Gasteiger partial charge in [-0.2, -0.15) is 0 Å². The molecule has 2 atom stereocenters. The van der Waals surface area contributed by atoms with Gasteiger partial charge in [-0.15, -0.1) is 0 Å². The van der Waals surface area contributed by atoms with Crippen molar-refractivity contribution in [1.82, 2.24) is 4.90 Å². The number of amides is 2. The maximum atomic E-state index is 12.2. The number of carbonyl (C=O) groups is 2. The van der Waals surface area contributed by atoms with E-state index in [-0.39, 0.29) is 17.7 Å². The monoisotopic (exact) mass is 284 g/mol. The summed E-state index contributed by atoms with van der Waals surface area (Å²) in [6.07, 6.45) is 5.46. The lowest BCUT2D eigenvalue weighted by Gasteiger charge is -2.23. The van der Waals surface area contributed by atoms with Gasteiger partial charge in [-0.3, -0.25) is 9.59 Å². The van der Waals surface area contributed by atoms with Crippen LogP contribution < -0.4 is 5.73 Å². The molecule has 0 aliphatic carbocycles. The van der Waals surface area contributed by atoms with Gasteiger partial charge in [0.05, 0.1) is 0 Å². The third-order valence-corrected chi connectivity index (χ3v) is 3.95. The highest BCUT2D eigenvalue weighted by Gasteiger charge is 2.16. The normalized spacial score (nSPS) is 13.8. The standard InChI is InChI=1S/C16H32N2O2/c1-5-11-18(12-10-14(4)16(17)20)15(19)9-7-8-13(3)6-2/h13-14H,5-12H2,1-4H3,(H2,17,20). The molecule has 0 saturated carbocycles. The summed E-state index contributed by atoms with van der Waals surface area (Å²) in [7, 11) is 0. The van der Waals surface area contributed by atoms with E-state index in [4.69, 9.17) is 5.73 Å². The molecule has 0 aromatic heterocycles. The molecule has 0 spiro atoms. The minimum absolute atomic E-state index is 0.165. The van der Waals surface area contributed by atoms with Crippen LogP contribution >= 0.6 is 0 Å². The number of nitrogens with zero attached hydrogens (tertiary/aromatic N) is 1. The van der Waals surface area contributed by atoms with Crippen molar-refractivity contribution in [2.24, 2.45) is 17.6 Å². The highest BCUT2D eigenvalue weighted by Crippen LogP contribution is 2.13. The van der Waals surface area contributed by atoms with Crippen LogP contribution in [0.2, 0.25) is 0 Å². The largest absolute Gasteiger partial charge is 0.369 e. The number of hydrogen-bond acceptors (Lipinski definition) is 2. The summed E-state index contributed by atoms with van der Waals surface area (Å²) >= 11 is 0. The molecule has 0 radical (unpaired) electrons. The van der Waals surface area contributed by atoms with Crippen molar-refractivity contribution in [2.75, 3.05) is 13.1 Å². The van der Waals surface area contributed by atoms with Crippen LogP contribution in [0.15, 0.2) is 0 Å². The lowest BCUT2D eigenvalue weighted by Crippen LogP contribution is -2.34. The van der Waals surface area contributed by atoms with Crippen LogP contribution in [0.3, 0.4) is 0 Å². The van der Waals surface area contributed by atoms with Gasteiger partial charge in [-0.25, -0.2) is 0 Å². The van der Waals surface area contributed by atoms with E-state index in [1.54, 1.807) is 0 Å². The SMILES string of the molecule is CCCN(CCC(C)C(N)=O)C(=O)CCCC(C)CC. The van der Waals surface area contributed by atoms with Crippen molar-refractivity contribution in [3.8, 4) is 0 Å². The van der Waals surface area contributed by atoms with Crippen LogP contribution in [0, 0.1) is 11.8 Å². The summed E-state index contributed by atoms with van der Waals surface area (Å²) in [5, 5.41) is 0. The Morgan fingerprint density at radius 2 is 1.75 bits per heavy atom. The van der Waals surface area contributed by atoms with Gasteiger partial charge in [-0.1, -0.05) is 40.5 Å². The Morgan fingerprint density at radius 3 is 2.25 bits per heavy atom. The molecule has 0 aromatic rings. The second-order valence-electron chi connectivity index (χ2n) is 5.88. The zero-order valence-corrected chi connectivity index (χ0v) is 13.7. The predicted molar refractivity (Wildman–Crippen MR) is 83.2 cm³/mol. The van der Waals surface area contributed by atoms with E-state index in [2.05, 4.69) is 20.8 Å². The Labute approximate surface area is 124 Å². The highest BCUT2D eigenvalue weighted by molar-refractivity contribution is 5.77. The number of primary amides is 1. The van der Waals surface area contributed by atoms with E-state index in [0.717, 1.165) is 25.8 Å². The Balaban J connectivity index is 4.15. The minimum atomic E-state index is -0.286. The fraction of sp³-hybridized carbons (Fsp3) is 0.875. The third-order valence-electron chi connectivity index (χ3n) is 3.95. The highest BCUT2D eigenvalue weighted by atomic mass is 16.2. The Kier molecular flexibility index (Phi) is 10.1. The van der Waals surface area contributed by atoms with Gasteiger partial charge in [-0.05, 0) is 25.2 Å². The van der Waals surface area contributed by atoms with Crippen LogP contribution in [0.5, 0.6) is 0 Å². The van der Waals surface area contributed by atoms with E-state index >= 15 is 0 Å². The van der Waals surface area contributed by atoms with Crippen LogP contribution in [-0.2, 0) is 9.59 Å². The third kappa shape index (κ3) is 8.18. The number of rotatable bonds is 11. The fourth-order valence-electron chi connectivity index (χ4n) is 2.09. The summed E-state index contributed by atoms with van der Waals surface area (Å²) in [5.74, 6) is 0.456. The van der Waals surface area contributed by atoms with Crippen molar-refractivity contribution >= 4 is 11.8 Å². The first-order valence-corrected chi connectivity index (χ1v) is 7.99. The number of hydrogen-bond donors (Lipinski definition) is 1. The zero-order valence-electron chi connectivity index (χ0n) is 13.7. The van der Waals surface area contributed by atoms with Gasteiger partial charge in [0.2, 0.25) is 11.8 Å². The van der Waals surface area contributed by atoms with Gasteiger partial charge >= 0.3 is 0 Å². The molecule has 0 aromatic carbocycles. The average molecular weight is 284 g/mol. The van der Waals surface area contributed by atoms with Crippen molar-refractivity contribution in [2.45, 2.75) is 66.2 Å². The molecule has 0 heterocycles. The molecule has 4 nitrogen and oxygen atoms in total. The lowest BCUT2D eigenvalue weighted by atomic mass is 10.0. The fourth-order valence-corrected chi connectivity index (χ4v) is 2.09. The van der Waals surface area contributed by atoms with Crippen LogP contribution in [-0.4, -0.2) is 29.8 Å². The van der Waals surface area contributed by atoms with Crippen molar-refractivity contribution < 1.29 is 9.59 Å². The summed E-state index contributed by atoms with van der Waals surface area (Å²) in [4.78, 5) is 25.1. The van der Waals surface area contributed by atoms with Gasteiger partial charge in [0, 0.05) is 25.4 Å². The van der Waals surface area contributed by atoms with Crippen LogP contribution in [0.4, 0.5) is 0 Å². The van der Waals surface area contributed by atoms with Crippen molar-refractivity contribution in [3.05, 3.63) is 0 Å².